The molecule has 27 heavy (non-hydrogen) atoms. The second-order valence-corrected chi connectivity index (χ2v) is 9.63. The Labute approximate surface area is 167 Å². The molecule has 154 valence electrons. The number of rotatable bonds is 10. The van der Waals surface area contributed by atoms with E-state index in [-0.39, 0.29) is 0 Å². The third kappa shape index (κ3) is 7.12. The normalized spacial score (nSPS) is 23.2. The Morgan fingerprint density at radius 3 is 2.41 bits per heavy atom. The van der Waals surface area contributed by atoms with Crippen molar-refractivity contribution >= 4 is 5.69 Å². The van der Waals surface area contributed by atoms with E-state index < -0.39 is 0 Å². The van der Waals surface area contributed by atoms with Crippen molar-refractivity contribution in [3.8, 4) is 0 Å². The molecule has 1 aliphatic heterocycles. The van der Waals surface area contributed by atoms with Crippen LogP contribution in [0.1, 0.15) is 65.4 Å². The molecule has 2 rings (SSSR count). The van der Waals surface area contributed by atoms with E-state index >= 15 is 0 Å². The van der Waals surface area contributed by atoms with Gasteiger partial charge in [-0.2, -0.15) is 0 Å². The second-order valence-electron chi connectivity index (χ2n) is 9.63. The van der Waals surface area contributed by atoms with Crippen molar-refractivity contribution in [2.75, 3.05) is 32.1 Å². The Kier molecular flexibility index (Phi) is 8.62. The summed E-state index contributed by atoms with van der Waals surface area (Å²) >= 11 is 0. The molecular weight excluding hydrogens is 332 g/mol. The summed E-state index contributed by atoms with van der Waals surface area (Å²) in [6, 6.07) is 8.98. The first-order valence-electron chi connectivity index (χ1n) is 11.0. The fourth-order valence-electron chi connectivity index (χ4n) is 4.22. The lowest BCUT2D eigenvalue weighted by molar-refractivity contribution is -0.672. The topological polar surface area (TPSA) is 29.1 Å². The van der Waals surface area contributed by atoms with Gasteiger partial charge in [0, 0.05) is 38.4 Å². The van der Waals surface area contributed by atoms with Gasteiger partial charge < -0.3 is 15.0 Å². The van der Waals surface area contributed by atoms with Crippen molar-refractivity contribution in [2.24, 2.45) is 17.3 Å². The molecule has 3 nitrogen and oxygen atoms in total. The first-order chi connectivity index (χ1) is 12.8. The van der Waals surface area contributed by atoms with Crippen LogP contribution in [0.2, 0.25) is 0 Å². The van der Waals surface area contributed by atoms with Crippen LogP contribution in [0.25, 0.3) is 0 Å². The van der Waals surface area contributed by atoms with Crippen molar-refractivity contribution in [2.45, 2.75) is 72.4 Å². The number of nitrogens with zero attached hydrogens (tertiary/aromatic N) is 1. The van der Waals surface area contributed by atoms with E-state index in [1.165, 1.54) is 49.9 Å². The first kappa shape index (κ1) is 22.2. The van der Waals surface area contributed by atoms with Crippen molar-refractivity contribution in [3.63, 3.8) is 0 Å². The zero-order chi connectivity index (χ0) is 19.9. The highest BCUT2D eigenvalue weighted by Gasteiger charge is 2.37. The molecule has 1 aromatic carbocycles. The molecule has 1 heterocycles. The Balaban J connectivity index is 1.87. The van der Waals surface area contributed by atoms with E-state index in [4.69, 9.17) is 4.74 Å². The van der Waals surface area contributed by atoms with Crippen LogP contribution in [0.4, 0.5) is 5.69 Å². The highest BCUT2D eigenvalue weighted by Crippen LogP contribution is 2.43. The molecule has 2 N–H and O–H groups in total. The zero-order valence-electron chi connectivity index (χ0n) is 18.6. The van der Waals surface area contributed by atoms with Crippen LogP contribution < -0.4 is 10.2 Å². The third-order valence-corrected chi connectivity index (χ3v) is 6.31. The lowest BCUT2D eigenvalue weighted by atomic mass is 9.69. The summed E-state index contributed by atoms with van der Waals surface area (Å²) in [4.78, 5) is 2.16. The van der Waals surface area contributed by atoms with Gasteiger partial charge in [0.1, 0.15) is 6.54 Å². The first-order valence-corrected chi connectivity index (χ1v) is 11.0. The molecular formula is C24H43N2O+. The standard InChI is InChI=1S/C24H42N2O/c1-19(2)11-12-24(14-16-27-23(17-24)20(3)4)13-15-25-18-21-7-9-22(10-8-21)26(5)6/h7-10,19-20,23,25H,11-18H2,1-6H3/p+1/t23-,24-/m0/s1. The molecule has 1 fully saturated rings. The fraction of sp³-hybridized carbons (Fsp3) is 0.750. The molecule has 0 spiro atoms. The fourth-order valence-corrected chi connectivity index (χ4v) is 4.22. The van der Waals surface area contributed by atoms with Gasteiger partial charge in [0.05, 0.1) is 12.6 Å². The van der Waals surface area contributed by atoms with Gasteiger partial charge in [0.15, 0.2) is 0 Å². The molecule has 0 aliphatic carbocycles. The van der Waals surface area contributed by atoms with Gasteiger partial charge in [0.25, 0.3) is 0 Å². The molecule has 1 aliphatic rings. The quantitative estimate of drug-likeness (QED) is 0.612. The van der Waals surface area contributed by atoms with E-state index in [2.05, 4.69) is 76.3 Å². The summed E-state index contributed by atoms with van der Waals surface area (Å²) in [5, 5.41) is 2.50. The van der Waals surface area contributed by atoms with Crippen LogP contribution in [-0.4, -0.2) is 33.4 Å². The van der Waals surface area contributed by atoms with Gasteiger partial charge in [-0.3, -0.25) is 0 Å². The predicted molar refractivity (Wildman–Crippen MR) is 116 cm³/mol. The minimum Gasteiger partial charge on any atom is -0.378 e. The summed E-state index contributed by atoms with van der Waals surface area (Å²) < 4.78 is 6.09. The van der Waals surface area contributed by atoms with Gasteiger partial charge in [-0.1, -0.05) is 46.2 Å². The average Bonchev–Trinajstić information content (AvgIpc) is 2.64. The average molecular weight is 376 g/mol. The highest BCUT2D eigenvalue weighted by atomic mass is 16.5. The van der Waals surface area contributed by atoms with Gasteiger partial charge in [-0.15, -0.1) is 0 Å². The molecule has 0 unspecified atom stereocenters. The minimum atomic E-state index is 0.449. The Bertz CT molecular complexity index is 538. The van der Waals surface area contributed by atoms with E-state index in [9.17, 15) is 0 Å². The summed E-state index contributed by atoms with van der Waals surface area (Å²) in [6.45, 7) is 12.6. The van der Waals surface area contributed by atoms with E-state index in [1.807, 2.05) is 0 Å². The number of anilines is 1. The number of benzene rings is 1. The van der Waals surface area contributed by atoms with Crippen LogP contribution >= 0.6 is 0 Å². The molecule has 0 aromatic heterocycles. The predicted octanol–water partition coefficient (Wildman–Crippen LogP) is 4.46. The lowest BCUT2D eigenvalue weighted by Gasteiger charge is -2.42. The monoisotopic (exact) mass is 375 g/mol. The lowest BCUT2D eigenvalue weighted by Crippen LogP contribution is -2.83. The molecule has 2 atom stereocenters. The second kappa shape index (κ2) is 10.5. The van der Waals surface area contributed by atoms with Gasteiger partial charge in [-0.25, -0.2) is 0 Å². The van der Waals surface area contributed by atoms with Crippen LogP contribution in [0, 0.1) is 17.3 Å². The van der Waals surface area contributed by atoms with E-state index in [0.717, 1.165) is 19.1 Å². The molecule has 0 amide bonds. The smallest absolute Gasteiger partial charge is 0.101 e. The maximum atomic E-state index is 6.09. The van der Waals surface area contributed by atoms with E-state index in [1.54, 1.807) is 0 Å². The summed E-state index contributed by atoms with van der Waals surface area (Å²) in [5.41, 5.74) is 3.18. The molecule has 3 heteroatoms. The molecule has 1 aromatic rings. The van der Waals surface area contributed by atoms with E-state index in [0.29, 0.717) is 17.4 Å². The van der Waals surface area contributed by atoms with Crippen LogP contribution in [0.15, 0.2) is 24.3 Å². The highest BCUT2D eigenvalue weighted by molar-refractivity contribution is 5.45. The molecule has 1 saturated heterocycles. The zero-order valence-corrected chi connectivity index (χ0v) is 18.6. The summed E-state index contributed by atoms with van der Waals surface area (Å²) in [6.07, 6.45) is 6.97. The Morgan fingerprint density at radius 1 is 1.11 bits per heavy atom. The van der Waals surface area contributed by atoms with Gasteiger partial charge in [0.2, 0.25) is 0 Å². The van der Waals surface area contributed by atoms with Crippen LogP contribution in [-0.2, 0) is 11.3 Å². The molecule has 0 bridgehead atoms. The number of ether oxygens (including phenoxy) is 1. The third-order valence-electron chi connectivity index (χ3n) is 6.31. The van der Waals surface area contributed by atoms with Crippen LogP contribution in [0.5, 0.6) is 0 Å². The summed E-state index contributed by atoms with van der Waals surface area (Å²) in [7, 11) is 4.19. The Hall–Kier alpha value is -1.06. The van der Waals surface area contributed by atoms with Gasteiger partial charge >= 0.3 is 0 Å². The number of quaternary nitrogens is 1. The van der Waals surface area contributed by atoms with Gasteiger partial charge in [-0.05, 0) is 48.6 Å². The van der Waals surface area contributed by atoms with Crippen molar-refractivity contribution in [1.82, 2.24) is 0 Å². The summed E-state index contributed by atoms with van der Waals surface area (Å²) in [5.74, 6) is 1.42. The van der Waals surface area contributed by atoms with Crippen molar-refractivity contribution < 1.29 is 10.1 Å². The van der Waals surface area contributed by atoms with Crippen molar-refractivity contribution in [1.29, 1.82) is 0 Å². The molecule has 0 radical (unpaired) electrons. The number of hydrogen-bond acceptors (Lipinski definition) is 2. The largest absolute Gasteiger partial charge is 0.378 e. The minimum absolute atomic E-state index is 0.449. The number of hydrogen-bond donors (Lipinski definition) is 1. The Morgan fingerprint density at radius 2 is 1.81 bits per heavy atom. The van der Waals surface area contributed by atoms with Crippen molar-refractivity contribution in [3.05, 3.63) is 29.8 Å². The van der Waals surface area contributed by atoms with Crippen LogP contribution in [0.3, 0.4) is 0 Å². The molecule has 0 saturated carbocycles. The SMILES string of the molecule is CC(C)CC[C@]1(CC[NH2+]Cc2ccc(N(C)C)cc2)CCO[C@H](C(C)C)C1. The maximum absolute atomic E-state index is 6.09. The maximum Gasteiger partial charge on any atom is 0.101 e. The number of nitrogens with two attached hydrogens (primary N) is 1.